The zero-order chi connectivity index (χ0) is 19.9. The summed E-state index contributed by atoms with van der Waals surface area (Å²) in [5.74, 6) is 0.666. The van der Waals surface area contributed by atoms with E-state index in [0.717, 1.165) is 22.9 Å². The van der Waals surface area contributed by atoms with Crippen LogP contribution in [0.3, 0.4) is 0 Å². The van der Waals surface area contributed by atoms with Gasteiger partial charge in [0, 0.05) is 16.3 Å². The molecule has 7 heteroatoms. The van der Waals surface area contributed by atoms with Crippen molar-refractivity contribution in [3.8, 4) is 5.75 Å². The Bertz CT molecular complexity index is 1020. The van der Waals surface area contributed by atoms with E-state index in [9.17, 15) is 9.59 Å². The second-order valence-electron chi connectivity index (χ2n) is 6.13. The Labute approximate surface area is 170 Å². The van der Waals surface area contributed by atoms with E-state index in [2.05, 4.69) is 21.2 Å². The first-order valence-electron chi connectivity index (χ1n) is 8.82. The van der Waals surface area contributed by atoms with Gasteiger partial charge < -0.3 is 13.9 Å². The Balaban J connectivity index is 1.73. The highest BCUT2D eigenvalue weighted by Gasteiger charge is 2.13. The molecule has 0 atom stereocenters. The predicted molar refractivity (Wildman–Crippen MR) is 111 cm³/mol. The molecule has 0 aliphatic rings. The molecule has 3 rings (SSSR count). The zero-order valence-corrected chi connectivity index (χ0v) is 17.0. The number of ether oxygens (including phenoxy) is 2. The molecule has 1 heterocycles. The van der Waals surface area contributed by atoms with Gasteiger partial charge in [0.25, 0.3) is 0 Å². The van der Waals surface area contributed by atoms with Crippen LogP contribution < -0.4 is 15.7 Å². The molecule has 0 radical (unpaired) electrons. The third-order valence-electron chi connectivity index (χ3n) is 4.09. The number of carbonyl (C=O) groups is 1. The van der Waals surface area contributed by atoms with Crippen molar-refractivity contribution in [2.75, 3.05) is 17.3 Å². The van der Waals surface area contributed by atoms with Gasteiger partial charge in [-0.2, -0.15) is 0 Å². The summed E-state index contributed by atoms with van der Waals surface area (Å²) in [4.78, 5) is 24.3. The van der Waals surface area contributed by atoms with Crippen LogP contribution in [0.15, 0.2) is 57.7 Å². The maximum atomic E-state index is 12.3. The molecule has 3 aromatic rings. The Morgan fingerprint density at radius 1 is 1.18 bits per heavy atom. The quantitative estimate of drug-likeness (QED) is 0.314. The minimum atomic E-state index is -0.720. The highest BCUT2D eigenvalue weighted by atomic mass is 79.9. The number of rotatable bonds is 7. The number of aryl methyl sites for hydroxylation is 1. The topological polar surface area (TPSA) is 77.8 Å². The van der Waals surface area contributed by atoms with Crippen LogP contribution in [0.2, 0.25) is 0 Å². The molecule has 1 aromatic heterocycles. The first-order valence-corrected chi connectivity index (χ1v) is 9.94. The summed E-state index contributed by atoms with van der Waals surface area (Å²) in [7, 11) is 0. The molecule has 146 valence electrons. The van der Waals surface area contributed by atoms with Crippen LogP contribution in [-0.2, 0) is 11.3 Å². The number of nitrogens with one attached hydrogen (secondary N) is 1. The number of benzene rings is 2. The highest BCUT2D eigenvalue weighted by Crippen LogP contribution is 2.28. The van der Waals surface area contributed by atoms with Crippen LogP contribution in [0.4, 0.5) is 10.5 Å². The van der Waals surface area contributed by atoms with Gasteiger partial charge in [0.1, 0.15) is 23.6 Å². The lowest BCUT2D eigenvalue weighted by Gasteiger charge is -2.11. The molecule has 0 spiro atoms. The summed E-state index contributed by atoms with van der Waals surface area (Å²) in [6.45, 7) is 2.50. The minimum Gasteiger partial charge on any atom is -0.493 e. The molecular formula is C21H20BrNO5. The summed E-state index contributed by atoms with van der Waals surface area (Å²) in [5, 5.41) is 3.98. The van der Waals surface area contributed by atoms with E-state index >= 15 is 0 Å². The van der Waals surface area contributed by atoms with Gasteiger partial charge >= 0.3 is 11.7 Å². The molecule has 28 heavy (non-hydrogen) atoms. The molecular weight excluding hydrogens is 426 g/mol. The molecule has 0 saturated carbocycles. The van der Waals surface area contributed by atoms with E-state index in [1.165, 1.54) is 0 Å². The lowest BCUT2D eigenvalue weighted by atomic mass is 10.1. The third kappa shape index (κ3) is 4.92. The summed E-state index contributed by atoms with van der Waals surface area (Å²) >= 11 is 3.36. The molecule has 2 aromatic carbocycles. The van der Waals surface area contributed by atoms with E-state index in [1.54, 1.807) is 12.1 Å². The van der Waals surface area contributed by atoms with Gasteiger partial charge in [0.2, 0.25) is 0 Å². The van der Waals surface area contributed by atoms with Crippen LogP contribution in [0.5, 0.6) is 5.75 Å². The van der Waals surface area contributed by atoms with Gasteiger partial charge in [-0.25, -0.2) is 9.59 Å². The Hall–Kier alpha value is -2.80. The number of anilines is 1. The van der Waals surface area contributed by atoms with Gasteiger partial charge in [0.05, 0.1) is 6.61 Å². The Morgan fingerprint density at radius 3 is 2.71 bits per heavy atom. The fourth-order valence-electron chi connectivity index (χ4n) is 2.66. The van der Waals surface area contributed by atoms with Crippen molar-refractivity contribution in [1.82, 2.24) is 0 Å². The van der Waals surface area contributed by atoms with Gasteiger partial charge in [-0.3, -0.25) is 5.32 Å². The molecule has 1 amide bonds. The summed E-state index contributed by atoms with van der Waals surface area (Å²) in [6.07, 6.45) is 0.150. The van der Waals surface area contributed by atoms with E-state index in [1.807, 2.05) is 43.3 Å². The van der Waals surface area contributed by atoms with Gasteiger partial charge in [0.15, 0.2) is 0 Å². The minimum absolute atomic E-state index is 0.0259. The monoisotopic (exact) mass is 445 g/mol. The first kappa shape index (κ1) is 19.9. The number of hydrogen-bond donors (Lipinski definition) is 1. The molecule has 1 N–H and O–H groups in total. The number of hydrogen-bond acceptors (Lipinski definition) is 5. The highest BCUT2D eigenvalue weighted by molar-refractivity contribution is 9.09. The van der Waals surface area contributed by atoms with Crippen molar-refractivity contribution in [2.24, 2.45) is 0 Å². The maximum absolute atomic E-state index is 12.3. The zero-order valence-electron chi connectivity index (χ0n) is 15.4. The van der Waals surface area contributed by atoms with Gasteiger partial charge in [-0.1, -0.05) is 46.3 Å². The third-order valence-corrected chi connectivity index (χ3v) is 4.65. The fourth-order valence-corrected chi connectivity index (χ4v) is 2.88. The predicted octanol–water partition coefficient (Wildman–Crippen LogP) is 5.01. The number of carbonyl (C=O) groups excluding carboxylic acids is 1. The standard InChI is InChI=1S/C21H20BrNO5/c1-14-18(26-11-5-10-22)9-8-16-12-17(20(24)28-19(14)16)23-21(25)27-13-15-6-3-2-4-7-15/h2-4,6-9,12H,5,10-11,13H2,1H3,(H,23,25). The van der Waals surface area contributed by atoms with Crippen LogP contribution >= 0.6 is 15.9 Å². The Morgan fingerprint density at radius 2 is 1.96 bits per heavy atom. The first-order chi connectivity index (χ1) is 13.6. The SMILES string of the molecule is Cc1c(OCCCBr)ccc2cc(NC(=O)OCc3ccccc3)c(=O)oc12. The van der Waals surface area contributed by atoms with Crippen LogP contribution in [0, 0.1) is 6.92 Å². The number of amides is 1. The molecule has 0 aliphatic heterocycles. The van der Waals surface area contributed by atoms with Crippen molar-refractivity contribution in [3.05, 3.63) is 70.1 Å². The van der Waals surface area contributed by atoms with E-state index in [4.69, 9.17) is 13.9 Å². The van der Waals surface area contributed by atoms with Crippen molar-refractivity contribution < 1.29 is 18.7 Å². The molecule has 0 fully saturated rings. The summed E-state index contributed by atoms with van der Waals surface area (Å²) in [6, 6.07) is 14.5. The van der Waals surface area contributed by atoms with Crippen molar-refractivity contribution >= 4 is 38.7 Å². The largest absolute Gasteiger partial charge is 0.493 e. The maximum Gasteiger partial charge on any atom is 0.412 e. The van der Waals surface area contributed by atoms with Crippen molar-refractivity contribution in [1.29, 1.82) is 0 Å². The van der Waals surface area contributed by atoms with E-state index in [-0.39, 0.29) is 12.3 Å². The second-order valence-corrected chi connectivity index (χ2v) is 6.93. The summed E-state index contributed by atoms with van der Waals surface area (Å²) < 4.78 is 16.3. The van der Waals surface area contributed by atoms with Crippen LogP contribution in [0.25, 0.3) is 11.0 Å². The lowest BCUT2D eigenvalue weighted by molar-refractivity contribution is 0.155. The molecule has 0 bridgehead atoms. The average molecular weight is 446 g/mol. The van der Waals surface area contributed by atoms with Crippen LogP contribution in [-0.4, -0.2) is 18.0 Å². The number of halogens is 1. The van der Waals surface area contributed by atoms with Gasteiger partial charge in [-0.05, 0) is 37.1 Å². The molecule has 0 aliphatic carbocycles. The lowest BCUT2D eigenvalue weighted by Crippen LogP contribution is -2.18. The fraction of sp³-hybridized carbons (Fsp3) is 0.238. The van der Waals surface area contributed by atoms with E-state index < -0.39 is 11.7 Å². The second kappa shape index (κ2) is 9.41. The molecule has 0 saturated heterocycles. The van der Waals surface area contributed by atoms with Crippen molar-refractivity contribution in [3.63, 3.8) is 0 Å². The molecule has 6 nitrogen and oxygen atoms in total. The Kier molecular flexibility index (Phi) is 6.71. The molecule has 0 unspecified atom stereocenters. The normalized spacial score (nSPS) is 10.6. The smallest absolute Gasteiger partial charge is 0.412 e. The summed E-state index contributed by atoms with van der Waals surface area (Å²) in [5.41, 5.74) is 1.40. The van der Waals surface area contributed by atoms with Crippen molar-refractivity contribution in [2.45, 2.75) is 20.0 Å². The average Bonchev–Trinajstić information content (AvgIpc) is 2.70. The van der Waals surface area contributed by atoms with Gasteiger partial charge in [-0.15, -0.1) is 0 Å². The van der Waals surface area contributed by atoms with Crippen LogP contribution in [0.1, 0.15) is 17.5 Å². The number of fused-ring (bicyclic) bond motifs is 1. The van der Waals surface area contributed by atoms with E-state index in [0.29, 0.717) is 23.3 Å². The number of alkyl halides is 1.